The van der Waals surface area contributed by atoms with Crippen molar-refractivity contribution >= 4 is 11.9 Å². The summed E-state index contributed by atoms with van der Waals surface area (Å²) in [5.41, 5.74) is 2.25. The van der Waals surface area contributed by atoms with Gasteiger partial charge in [-0.1, -0.05) is 37.1 Å². The van der Waals surface area contributed by atoms with Crippen molar-refractivity contribution in [2.24, 2.45) is 0 Å². The van der Waals surface area contributed by atoms with Gasteiger partial charge in [0.2, 0.25) is 0 Å². The molecule has 1 aromatic carbocycles. The summed E-state index contributed by atoms with van der Waals surface area (Å²) in [6.45, 7) is 0. The maximum absolute atomic E-state index is 12.8. The van der Waals surface area contributed by atoms with Crippen LogP contribution in [-0.4, -0.2) is 26.8 Å². The smallest absolute Gasteiger partial charge is 0.311 e. The van der Waals surface area contributed by atoms with E-state index in [4.69, 9.17) is 0 Å². The molecule has 0 aliphatic heterocycles. The summed E-state index contributed by atoms with van der Waals surface area (Å²) in [5, 5.41) is 16.8. The van der Waals surface area contributed by atoms with Gasteiger partial charge >= 0.3 is 5.97 Å². The summed E-state index contributed by atoms with van der Waals surface area (Å²) in [5.74, 6) is -1.60. The molecule has 0 saturated heterocycles. The molecule has 1 fully saturated rings. The fourth-order valence-corrected chi connectivity index (χ4v) is 4.17. The largest absolute Gasteiger partial charge is 0.481 e. The Kier molecular flexibility index (Phi) is 4.03. The van der Waals surface area contributed by atoms with Crippen LogP contribution in [-0.2, 0) is 4.79 Å². The Morgan fingerprint density at radius 3 is 2.56 bits per heavy atom. The maximum atomic E-state index is 12.8. The number of amides is 1. The number of carbonyl (C=O) groups is 2. The van der Waals surface area contributed by atoms with Gasteiger partial charge < -0.3 is 10.4 Å². The van der Waals surface area contributed by atoms with Crippen molar-refractivity contribution in [3.8, 4) is 0 Å². The molecule has 2 unspecified atom stereocenters. The van der Waals surface area contributed by atoms with Crippen molar-refractivity contribution in [1.29, 1.82) is 0 Å². The standard InChI is InChI=1S/C19H21N3O3/c23-18(17-9-10-20-22(17)12-5-1-2-6-12)21-16-11-15(19(24)25)13-7-3-4-8-14(13)16/h3-4,7-10,12,15-16H,1-2,5-6,11H2,(H,21,23)(H,24,25). The molecule has 2 aliphatic rings. The van der Waals surface area contributed by atoms with Crippen LogP contribution >= 0.6 is 0 Å². The third kappa shape index (κ3) is 2.81. The molecule has 1 amide bonds. The van der Waals surface area contributed by atoms with Crippen molar-refractivity contribution in [1.82, 2.24) is 15.1 Å². The number of hydrogen-bond acceptors (Lipinski definition) is 3. The Morgan fingerprint density at radius 2 is 1.84 bits per heavy atom. The third-order valence-electron chi connectivity index (χ3n) is 5.40. The molecule has 1 saturated carbocycles. The minimum Gasteiger partial charge on any atom is -0.481 e. The van der Waals surface area contributed by atoms with E-state index in [0.29, 0.717) is 18.2 Å². The molecule has 2 atom stereocenters. The van der Waals surface area contributed by atoms with Crippen LogP contribution in [0.15, 0.2) is 36.5 Å². The molecule has 0 bridgehead atoms. The molecule has 4 rings (SSSR count). The van der Waals surface area contributed by atoms with E-state index in [1.54, 1.807) is 12.3 Å². The molecule has 6 heteroatoms. The second kappa shape index (κ2) is 6.35. The molecule has 2 aliphatic carbocycles. The van der Waals surface area contributed by atoms with E-state index in [1.807, 2.05) is 28.9 Å². The van der Waals surface area contributed by atoms with Gasteiger partial charge in [-0.25, -0.2) is 0 Å². The van der Waals surface area contributed by atoms with Gasteiger partial charge in [0.05, 0.1) is 18.0 Å². The molecule has 25 heavy (non-hydrogen) atoms. The molecular weight excluding hydrogens is 318 g/mol. The van der Waals surface area contributed by atoms with Crippen LogP contribution in [0.4, 0.5) is 0 Å². The summed E-state index contributed by atoms with van der Waals surface area (Å²) in [6, 6.07) is 9.21. The molecule has 130 valence electrons. The van der Waals surface area contributed by atoms with Gasteiger partial charge in [-0.05, 0) is 36.5 Å². The number of aromatic nitrogens is 2. The van der Waals surface area contributed by atoms with E-state index >= 15 is 0 Å². The highest BCUT2D eigenvalue weighted by Crippen LogP contribution is 2.40. The summed E-state index contributed by atoms with van der Waals surface area (Å²) < 4.78 is 1.83. The number of rotatable bonds is 4. The number of fused-ring (bicyclic) bond motifs is 1. The number of carboxylic acids is 1. The fraction of sp³-hybridized carbons (Fsp3) is 0.421. The van der Waals surface area contributed by atoms with E-state index in [2.05, 4.69) is 10.4 Å². The second-order valence-electron chi connectivity index (χ2n) is 6.88. The molecule has 1 heterocycles. The third-order valence-corrected chi connectivity index (χ3v) is 5.40. The lowest BCUT2D eigenvalue weighted by Gasteiger charge is -2.17. The van der Waals surface area contributed by atoms with Crippen molar-refractivity contribution in [3.63, 3.8) is 0 Å². The van der Waals surface area contributed by atoms with Crippen molar-refractivity contribution in [2.45, 2.75) is 50.1 Å². The van der Waals surface area contributed by atoms with E-state index in [-0.39, 0.29) is 11.9 Å². The van der Waals surface area contributed by atoms with Gasteiger partial charge in [0.15, 0.2) is 0 Å². The minimum atomic E-state index is -0.847. The predicted octanol–water partition coefficient (Wildman–Crippen LogP) is 3.04. The van der Waals surface area contributed by atoms with Crippen LogP contribution in [0.5, 0.6) is 0 Å². The highest BCUT2D eigenvalue weighted by atomic mass is 16.4. The highest BCUT2D eigenvalue weighted by molar-refractivity contribution is 5.93. The summed E-state index contributed by atoms with van der Waals surface area (Å²) >= 11 is 0. The van der Waals surface area contributed by atoms with Gasteiger partial charge in [0, 0.05) is 6.20 Å². The summed E-state index contributed by atoms with van der Waals surface area (Å²) in [7, 11) is 0. The van der Waals surface area contributed by atoms with E-state index in [9.17, 15) is 14.7 Å². The van der Waals surface area contributed by atoms with Gasteiger partial charge in [0.25, 0.3) is 5.91 Å². The number of nitrogens with one attached hydrogen (secondary N) is 1. The topological polar surface area (TPSA) is 84.2 Å². The normalized spacial score (nSPS) is 22.7. The maximum Gasteiger partial charge on any atom is 0.311 e. The van der Waals surface area contributed by atoms with Crippen LogP contribution in [0.3, 0.4) is 0 Å². The number of hydrogen-bond donors (Lipinski definition) is 2. The monoisotopic (exact) mass is 339 g/mol. The van der Waals surface area contributed by atoms with Crippen LogP contribution in [0, 0.1) is 0 Å². The minimum absolute atomic E-state index is 0.185. The zero-order valence-electron chi connectivity index (χ0n) is 13.9. The molecule has 1 aromatic heterocycles. The van der Waals surface area contributed by atoms with Gasteiger partial charge in [-0.2, -0.15) is 5.10 Å². The number of carboxylic acid groups (broad SMARTS) is 1. The first-order chi connectivity index (χ1) is 12.1. The Hall–Kier alpha value is -2.63. The van der Waals surface area contributed by atoms with Crippen LogP contribution in [0.25, 0.3) is 0 Å². The first-order valence-corrected chi connectivity index (χ1v) is 8.81. The first-order valence-electron chi connectivity index (χ1n) is 8.81. The number of nitrogens with zero attached hydrogens (tertiary/aromatic N) is 2. The van der Waals surface area contributed by atoms with Gasteiger partial charge in [-0.15, -0.1) is 0 Å². The summed E-state index contributed by atoms with van der Waals surface area (Å²) in [4.78, 5) is 24.3. The van der Waals surface area contributed by atoms with E-state index in [0.717, 1.165) is 24.0 Å². The number of carbonyl (C=O) groups excluding carboxylic acids is 1. The Labute approximate surface area is 145 Å². The molecule has 0 radical (unpaired) electrons. The zero-order chi connectivity index (χ0) is 17.4. The first kappa shape index (κ1) is 15.9. The molecule has 2 aromatic rings. The summed E-state index contributed by atoms with van der Waals surface area (Å²) in [6.07, 6.45) is 6.49. The Bertz CT molecular complexity index is 808. The predicted molar refractivity (Wildman–Crippen MR) is 91.4 cm³/mol. The van der Waals surface area contributed by atoms with Gasteiger partial charge in [-0.3, -0.25) is 14.3 Å². The van der Waals surface area contributed by atoms with Crippen LogP contribution < -0.4 is 5.32 Å². The number of aliphatic carboxylic acids is 1. The Balaban J connectivity index is 1.56. The number of benzene rings is 1. The van der Waals surface area contributed by atoms with Crippen molar-refractivity contribution < 1.29 is 14.7 Å². The quantitative estimate of drug-likeness (QED) is 0.897. The van der Waals surface area contributed by atoms with E-state index in [1.165, 1.54) is 12.8 Å². The molecule has 0 spiro atoms. The van der Waals surface area contributed by atoms with Crippen LogP contribution in [0.1, 0.15) is 71.7 Å². The highest BCUT2D eigenvalue weighted by Gasteiger charge is 2.36. The van der Waals surface area contributed by atoms with Crippen molar-refractivity contribution in [3.05, 3.63) is 53.3 Å². The lowest BCUT2D eigenvalue weighted by molar-refractivity contribution is -0.138. The average Bonchev–Trinajstić information content (AvgIpc) is 3.34. The Morgan fingerprint density at radius 1 is 1.12 bits per heavy atom. The van der Waals surface area contributed by atoms with Crippen molar-refractivity contribution in [2.75, 3.05) is 0 Å². The fourth-order valence-electron chi connectivity index (χ4n) is 4.17. The average molecular weight is 339 g/mol. The zero-order valence-corrected chi connectivity index (χ0v) is 13.9. The van der Waals surface area contributed by atoms with E-state index < -0.39 is 11.9 Å². The lowest BCUT2D eigenvalue weighted by atomic mass is 10.0. The second-order valence-corrected chi connectivity index (χ2v) is 6.88. The molecule has 2 N–H and O–H groups in total. The SMILES string of the molecule is O=C(NC1CC(C(=O)O)c2ccccc21)c1ccnn1C1CCCC1. The van der Waals surface area contributed by atoms with Gasteiger partial charge in [0.1, 0.15) is 5.69 Å². The lowest BCUT2D eigenvalue weighted by Crippen LogP contribution is -2.30. The molecule has 6 nitrogen and oxygen atoms in total. The van der Waals surface area contributed by atoms with Crippen LogP contribution in [0.2, 0.25) is 0 Å². The molecular formula is C19H21N3O3.